The van der Waals surface area contributed by atoms with Crippen LogP contribution in [-0.4, -0.2) is 40.8 Å². The smallest absolute Gasteiger partial charge is 0.269 e. The van der Waals surface area contributed by atoms with E-state index in [1.54, 1.807) is 0 Å². The zero-order valence-corrected chi connectivity index (χ0v) is 17.9. The maximum Gasteiger partial charge on any atom is 0.269 e. The van der Waals surface area contributed by atoms with Crippen molar-refractivity contribution >= 4 is 17.5 Å². The topological polar surface area (TPSA) is 92.6 Å². The molecule has 166 valence electrons. The summed E-state index contributed by atoms with van der Waals surface area (Å²) >= 11 is 0. The van der Waals surface area contributed by atoms with Crippen LogP contribution >= 0.6 is 0 Å². The predicted octanol–water partition coefficient (Wildman–Crippen LogP) is 3.92. The monoisotopic (exact) mass is 425 g/mol. The molecule has 5 fully saturated rings. The molecule has 4 bridgehead atoms. The van der Waals surface area contributed by atoms with Crippen molar-refractivity contribution < 1.29 is 14.5 Å². The van der Waals surface area contributed by atoms with Gasteiger partial charge in [-0.25, -0.2) is 0 Å². The largest absolute Gasteiger partial charge is 0.341 e. The van der Waals surface area contributed by atoms with Crippen LogP contribution in [0.4, 0.5) is 5.69 Å². The summed E-state index contributed by atoms with van der Waals surface area (Å²) in [6.45, 7) is 1.55. The zero-order valence-electron chi connectivity index (χ0n) is 17.9. The van der Waals surface area contributed by atoms with Crippen molar-refractivity contribution in [3.8, 4) is 0 Å². The van der Waals surface area contributed by atoms with Crippen LogP contribution in [0.15, 0.2) is 24.3 Å². The SMILES string of the molecule is O=C(NC(C(=O)N1CCCCC1)C12CC3CC(CC(C3)C1)C2)c1ccc([N+](=O)[O-])cc1. The molecule has 0 spiro atoms. The Morgan fingerprint density at radius 1 is 0.968 bits per heavy atom. The third-order valence-electron chi connectivity index (χ3n) is 8.23. The molecule has 5 aliphatic rings. The van der Waals surface area contributed by atoms with Crippen LogP contribution in [0.2, 0.25) is 0 Å². The third-order valence-corrected chi connectivity index (χ3v) is 8.23. The summed E-state index contributed by atoms with van der Waals surface area (Å²) in [5.41, 5.74) is 0.185. The summed E-state index contributed by atoms with van der Waals surface area (Å²) < 4.78 is 0. The van der Waals surface area contributed by atoms with E-state index in [1.807, 2.05) is 4.90 Å². The highest BCUT2D eigenvalue weighted by Gasteiger charge is 2.57. The Labute approximate surface area is 182 Å². The highest BCUT2D eigenvalue weighted by molar-refractivity contribution is 5.98. The van der Waals surface area contributed by atoms with E-state index in [0.717, 1.165) is 51.6 Å². The van der Waals surface area contributed by atoms with Crippen molar-refractivity contribution in [3.63, 3.8) is 0 Å². The molecule has 4 aliphatic carbocycles. The molecule has 0 radical (unpaired) electrons. The predicted molar refractivity (Wildman–Crippen MR) is 115 cm³/mol. The summed E-state index contributed by atoms with van der Waals surface area (Å²) in [6.07, 6.45) is 10.1. The lowest BCUT2D eigenvalue weighted by molar-refractivity contribution is -0.384. The summed E-state index contributed by atoms with van der Waals surface area (Å²) in [5.74, 6) is 1.82. The lowest BCUT2D eigenvalue weighted by Gasteiger charge is -2.59. The molecule has 1 heterocycles. The number of piperidine rings is 1. The lowest BCUT2D eigenvalue weighted by Crippen LogP contribution is -2.62. The van der Waals surface area contributed by atoms with Crippen LogP contribution in [0.5, 0.6) is 0 Å². The van der Waals surface area contributed by atoms with Crippen molar-refractivity contribution in [3.05, 3.63) is 39.9 Å². The van der Waals surface area contributed by atoms with Crippen LogP contribution in [0, 0.1) is 33.3 Å². The van der Waals surface area contributed by atoms with Crippen molar-refractivity contribution in [2.24, 2.45) is 23.2 Å². The molecule has 1 aliphatic heterocycles. The minimum absolute atomic E-state index is 0.0430. The van der Waals surface area contributed by atoms with E-state index < -0.39 is 11.0 Å². The second-order valence-electron chi connectivity index (χ2n) is 10.4. The normalized spacial score (nSPS) is 32.5. The van der Waals surface area contributed by atoms with Crippen LogP contribution in [-0.2, 0) is 4.79 Å². The first-order valence-electron chi connectivity index (χ1n) is 11.8. The first-order chi connectivity index (χ1) is 14.9. The fourth-order valence-corrected chi connectivity index (χ4v) is 7.25. The molecule has 1 N–H and O–H groups in total. The number of nitrogens with one attached hydrogen (secondary N) is 1. The maximum absolute atomic E-state index is 13.7. The third kappa shape index (κ3) is 3.83. The molecule has 1 aromatic carbocycles. The van der Waals surface area contributed by atoms with E-state index in [1.165, 1.54) is 43.5 Å². The summed E-state index contributed by atoms with van der Waals surface area (Å²) in [5, 5.41) is 14.1. The van der Waals surface area contributed by atoms with E-state index >= 15 is 0 Å². The molecular formula is C24H31N3O4. The number of benzene rings is 1. The fraction of sp³-hybridized carbons (Fsp3) is 0.667. The van der Waals surface area contributed by atoms with Gasteiger partial charge in [0.05, 0.1) is 4.92 Å². The van der Waals surface area contributed by atoms with Gasteiger partial charge in [-0.2, -0.15) is 0 Å². The van der Waals surface area contributed by atoms with E-state index in [-0.39, 0.29) is 22.9 Å². The van der Waals surface area contributed by atoms with Gasteiger partial charge in [0.25, 0.3) is 11.6 Å². The van der Waals surface area contributed by atoms with Crippen molar-refractivity contribution in [2.75, 3.05) is 13.1 Å². The van der Waals surface area contributed by atoms with Gasteiger partial charge in [0, 0.05) is 36.2 Å². The molecule has 0 aromatic heterocycles. The van der Waals surface area contributed by atoms with Gasteiger partial charge >= 0.3 is 0 Å². The number of rotatable bonds is 5. The number of nitro groups is 1. The quantitative estimate of drug-likeness (QED) is 0.572. The first kappa shape index (κ1) is 20.5. The zero-order chi connectivity index (χ0) is 21.6. The Kier molecular flexibility index (Phi) is 5.22. The number of nitro benzene ring substituents is 1. The second-order valence-corrected chi connectivity index (χ2v) is 10.4. The molecule has 2 amide bonds. The molecule has 7 heteroatoms. The Bertz CT molecular complexity index is 840. The van der Waals surface area contributed by atoms with Crippen LogP contribution < -0.4 is 5.32 Å². The molecule has 6 rings (SSSR count). The standard InChI is InChI=1S/C24H31N3O4/c28-22(19-4-6-20(7-5-19)27(30)31)25-21(23(29)26-8-2-1-3-9-26)24-13-16-10-17(14-24)12-18(11-16)15-24/h4-7,16-18,21H,1-3,8-15H2,(H,25,28). The Balaban J connectivity index is 1.42. The number of nitrogens with zero attached hydrogens (tertiary/aromatic N) is 2. The van der Waals surface area contributed by atoms with Gasteiger partial charge in [-0.3, -0.25) is 19.7 Å². The summed E-state index contributed by atoms with van der Waals surface area (Å²) in [7, 11) is 0. The van der Waals surface area contributed by atoms with E-state index in [4.69, 9.17) is 0 Å². The fourth-order valence-electron chi connectivity index (χ4n) is 7.25. The van der Waals surface area contributed by atoms with Gasteiger partial charge in [-0.1, -0.05) is 0 Å². The number of hydrogen-bond donors (Lipinski definition) is 1. The summed E-state index contributed by atoms with van der Waals surface area (Å²) in [4.78, 5) is 39.3. The minimum atomic E-state index is -0.498. The Morgan fingerprint density at radius 3 is 2.03 bits per heavy atom. The molecule has 7 nitrogen and oxygen atoms in total. The highest BCUT2D eigenvalue weighted by atomic mass is 16.6. The van der Waals surface area contributed by atoms with E-state index in [2.05, 4.69) is 5.32 Å². The maximum atomic E-state index is 13.7. The average Bonchev–Trinajstić information content (AvgIpc) is 2.76. The number of non-ortho nitro benzene ring substituents is 1. The summed E-state index contributed by atoms with van der Waals surface area (Å²) in [6, 6.07) is 5.16. The van der Waals surface area contributed by atoms with Crippen LogP contribution in [0.3, 0.4) is 0 Å². The van der Waals surface area contributed by atoms with Gasteiger partial charge < -0.3 is 10.2 Å². The highest BCUT2D eigenvalue weighted by Crippen LogP contribution is 2.61. The average molecular weight is 426 g/mol. The molecule has 1 atom stereocenters. The number of likely N-dealkylation sites (tertiary alicyclic amines) is 1. The van der Waals surface area contributed by atoms with Crippen molar-refractivity contribution in [2.45, 2.75) is 63.8 Å². The second kappa shape index (κ2) is 7.92. The van der Waals surface area contributed by atoms with Gasteiger partial charge in [-0.05, 0) is 87.7 Å². The van der Waals surface area contributed by atoms with Crippen molar-refractivity contribution in [1.82, 2.24) is 10.2 Å². The first-order valence-corrected chi connectivity index (χ1v) is 11.8. The van der Waals surface area contributed by atoms with Gasteiger partial charge in [0.2, 0.25) is 5.91 Å². The molecule has 1 aromatic rings. The number of hydrogen-bond acceptors (Lipinski definition) is 4. The molecule has 1 saturated heterocycles. The number of amides is 2. The Morgan fingerprint density at radius 2 is 1.52 bits per heavy atom. The lowest BCUT2D eigenvalue weighted by atomic mass is 9.47. The van der Waals surface area contributed by atoms with E-state index in [9.17, 15) is 19.7 Å². The molecule has 31 heavy (non-hydrogen) atoms. The van der Waals surface area contributed by atoms with Gasteiger partial charge in [0.15, 0.2) is 0 Å². The Hall–Kier alpha value is -2.44. The number of carbonyl (C=O) groups excluding carboxylic acids is 2. The van der Waals surface area contributed by atoms with Gasteiger partial charge in [0.1, 0.15) is 6.04 Å². The van der Waals surface area contributed by atoms with Crippen LogP contribution in [0.1, 0.15) is 68.1 Å². The molecule has 4 saturated carbocycles. The molecule has 1 unspecified atom stereocenters. The van der Waals surface area contributed by atoms with Crippen molar-refractivity contribution in [1.29, 1.82) is 0 Å². The van der Waals surface area contributed by atoms with E-state index in [0.29, 0.717) is 23.3 Å². The number of carbonyl (C=O) groups is 2. The minimum Gasteiger partial charge on any atom is -0.341 e. The van der Waals surface area contributed by atoms with Gasteiger partial charge in [-0.15, -0.1) is 0 Å². The molecular weight excluding hydrogens is 394 g/mol. The van der Waals surface area contributed by atoms with Crippen LogP contribution in [0.25, 0.3) is 0 Å².